The molecular formula is C23H27N5O3. The zero-order valence-electron chi connectivity index (χ0n) is 18.1. The van der Waals surface area contributed by atoms with Gasteiger partial charge in [-0.25, -0.2) is 15.5 Å². The highest BCUT2D eigenvalue weighted by Crippen LogP contribution is 2.33. The van der Waals surface area contributed by atoms with E-state index in [4.69, 9.17) is 0 Å². The van der Waals surface area contributed by atoms with Crippen molar-refractivity contribution in [2.45, 2.75) is 39.3 Å². The minimum absolute atomic E-state index is 0.216. The third-order valence-corrected chi connectivity index (χ3v) is 5.87. The van der Waals surface area contributed by atoms with E-state index in [0.29, 0.717) is 12.1 Å². The Morgan fingerprint density at radius 2 is 1.84 bits per heavy atom. The monoisotopic (exact) mass is 421 g/mol. The first-order valence-electron chi connectivity index (χ1n) is 10.2. The molecule has 1 fully saturated rings. The zero-order chi connectivity index (χ0) is 22.3. The van der Waals surface area contributed by atoms with Crippen LogP contribution in [-0.4, -0.2) is 26.4 Å². The smallest absolute Gasteiger partial charge is 0.295 e. The molecule has 1 amide bonds. The molecule has 0 bridgehead atoms. The van der Waals surface area contributed by atoms with Crippen molar-refractivity contribution in [3.05, 3.63) is 75.2 Å². The normalized spacial score (nSPS) is 18.3. The summed E-state index contributed by atoms with van der Waals surface area (Å²) in [6.07, 6.45) is 0.445. The Balaban J connectivity index is 1.55. The molecule has 3 aromatic rings. The molecule has 2 unspecified atom stereocenters. The van der Waals surface area contributed by atoms with E-state index in [1.165, 1.54) is 4.68 Å². The van der Waals surface area contributed by atoms with Crippen molar-refractivity contribution in [1.82, 2.24) is 20.2 Å². The van der Waals surface area contributed by atoms with E-state index >= 15 is 0 Å². The predicted octanol–water partition coefficient (Wildman–Crippen LogP) is 2.35. The maximum Gasteiger partial charge on any atom is 0.295 e. The van der Waals surface area contributed by atoms with Crippen LogP contribution in [0.25, 0.3) is 5.69 Å². The number of carbonyl (C=O) groups excluding carboxylic acids is 1. The van der Waals surface area contributed by atoms with E-state index in [2.05, 4.69) is 16.2 Å². The summed E-state index contributed by atoms with van der Waals surface area (Å²) in [5.74, 6) is -0.0690. The van der Waals surface area contributed by atoms with Crippen LogP contribution in [0.4, 0.5) is 5.69 Å². The van der Waals surface area contributed by atoms with Crippen LogP contribution in [-0.2, 0) is 11.8 Å². The van der Waals surface area contributed by atoms with Gasteiger partial charge in [0.1, 0.15) is 17.5 Å². The summed E-state index contributed by atoms with van der Waals surface area (Å²) in [5.41, 5.74) is 10.1. The second-order valence-electron chi connectivity index (χ2n) is 8.07. The van der Waals surface area contributed by atoms with Crippen molar-refractivity contribution >= 4 is 11.6 Å². The molecule has 2 atom stereocenters. The zero-order valence-corrected chi connectivity index (χ0v) is 18.1. The molecule has 2 heterocycles. The summed E-state index contributed by atoms with van der Waals surface area (Å²) in [5, 5.41) is 13.2. The molecule has 0 radical (unpaired) electrons. The third-order valence-electron chi connectivity index (χ3n) is 5.87. The summed E-state index contributed by atoms with van der Waals surface area (Å²) < 4.78 is 3.26. The largest absolute Gasteiger partial charge is 0.507 e. The lowest BCUT2D eigenvalue weighted by Gasteiger charge is -2.14. The Kier molecular flexibility index (Phi) is 5.43. The highest BCUT2D eigenvalue weighted by Gasteiger charge is 2.33. The fourth-order valence-electron chi connectivity index (χ4n) is 4.11. The highest BCUT2D eigenvalue weighted by atomic mass is 16.3. The minimum atomic E-state index is -0.547. The third kappa shape index (κ3) is 3.75. The number of carbonyl (C=O) groups is 1. The van der Waals surface area contributed by atoms with Gasteiger partial charge in [-0.2, -0.15) is 0 Å². The number of nitrogens with one attached hydrogen (secondary N) is 3. The number of amides is 1. The number of rotatable bonds is 4. The molecular weight excluding hydrogens is 394 g/mol. The molecule has 31 heavy (non-hydrogen) atoms. The van der Waals surface area contributed by atoms with Crippen molar-refractivity contribution < 1.29 is 9.90 Å². The van der Waals surface area contributed by atoms with Crippen LogP contribution in [0.3, 0.4) is 0 Å². The van der Waals surface area contributed by atoms with Crippen LogP contribution in [0.1, 0.15) is 34.8 Å². The van der Waals surface area contributed by atoms with Gasteiger partial charge in [0.15, 0.2) is 0 Å². The van der Waals surface area contributed by atoms with E-state index in [9.17, 15) is 14.7 Å². The maximum absolute atomic E-state index is 13.0. The quantitative estimate of drug-likeness (QED) is 0.518. The second-order valence-corrected chi connectivity index (χ2v) is 8.07. The maximum atomic E-state index is 13.0. The summed E-state index contributed by atoms with van der Waals surface area (Å²) in [7, 11) is 1.79. The molecule has 1 saturated heterocycles. The average Bonchev–Trinajstić information content (AvgIpc) is 3.31. The number of aryl methyl sites for hydroxylation is 2. The second kappa shape index (κ2) is 8.05. The SMILES string of the molecule is Cc1cc(C)c(O)c(C2CC(C(=O)Nc3c(C)n(C)n(-c4ccccc4)c3=O)NN2)c1. The summed E-state index contributed by atoms with van der Waals surface area (Å²) in [4.78, 5) is 26.0. The lowest BCUT2D eigenvalue weighted by atomic mass is 9.96. The minimum Gasteiger partial charge on any atom is -0.507 e. The molecule has 1 aliphatic rings. The molecule has 2 aromatic carbocycles. The fourth-order valence-corrected chi connectivity index (χ4v) is 4.11. The van der Waals surface area contributed by atoms with Crippen molar-refractivity contribution in [2.75, 3.05) is 5.32 Å². The first-order valence-corrected chi connectivity index (χ1v) is 10.2. The Morgan fingerprint density at radius 3 is 2.55 bits per heavy atom. The first kappa shape index (κ1) is 20.9. The number of para-hydroxylation sites is 1. The Bertz CT molecular complexity index is 1200. The van der Waals surface area contributed by atoms with Gasteiger partial charge in [0.2, 0.25) is 5.91 Å². The van der Waals surface area contributed by atoms with Crippen LogP contribution in [0.2, 0.25) is 0 Å². The van der Waals surface area contributed by atoms with Crippen LogP contribution in [0.5, 0.6) is 5.75 Å². The molecule has 162 valence electrons. The van der Waals surface area contributed by atoms with Gasteiger partial charge in [-0.05, 0) is 44.9 Å². The molecule has 1 aliphatic heterocycles. The van der Waals surface area contributed by atoms with Crippen LogP contribution in [0, 0.1) is 20.8 Å². The van der Waals surface area contributed by atoms with Crippen molar-refractivity contribution in [3.63, 3.8) is 0 Å². The summed E-state index contributed by atoms with van der Waals surface area (Å²) in [6, 6.07) is 12.4. The van der Waals surface area contributed by atoms with Gasteiger partial charge in [0.25, 0.3) is 5.56 Å². The van der Waals surface area contributed by atoms with Gasteiger partial charge in [-0.15, -0.1) is 0 Å². The van der Waals surface area contributed by atoms with E-state index < -0.39 is 6.04 Å². The molecule has 0 aliphatic carbocycles. The number of hydrogen-bond acceptors (Lipinski definition) is 5. The van der Waals surface area contributed by atoms with Gasteiger partial charge >= 0.3 is 0 Å². The van der Waals surface area contributed by atoms with Crippen LogP contribution >= 0.6 is 0 Å². The highest BCUT2D eigenvalue weighted by molar-refractivity contribution is 5.95. The fraction of sp³-hybridized carbons (Fsp3) is 0.304. The van der Waals surface area contributed by atoms with Crippen molar-refractivity contribution in [3.8, 4) is 11.4 Å². The number of anilines is 1. The van der Waals surface area contributed by atoms with E-state index in [0.717, 1.165) is 22.4 Å². The molecule has 8 heteroatoms. The molecule has 4 rings (SSSR count). The van der Waals surface area contributed by atoms with Crippen LogP contribution < -0.4 is 21.7 Å². The topological polar surface area (TPSA) is 100 Å². The van der Waals surface area contributed by atoms with Gasteiger partial charge in [0, 0.05) is 12.6 Å². The van der Waals surface area contributed by atoms with Crippen molar-refractivity contribution in [2.24, 2.45) is 7.05 Å². The van der Waals surface area contributed by atoms with Crippen LogP contribution in [0.15, 0.2) is 47.3 Å². The van der Waals surface area contributed by atoms with Gasteiger partial charge in [0.05, 0.1) is 17.4 Å². The number of benzene rings is 2. The van der Waals surface area contributed by atoms with E-state index in [-0.39, 0.29) is 28.9 Å². The number of phenolic OH excluding ortho intramolecular Hbond substituents is 1. The molecule has 0 saturated carbocycles. The summed E-state index contributed by atoms with van der Waals surface area (Å²) in [6.45, 7) is 5.62. The molecule has 1 aromatic heterocycles. The Hall–Kier alpha value is -3.36. The standard InChI is InChI=1S/C23H27N5O3/c1-13-10-14(2)21(29)17(11-13)18-12-19(26-25-18)22(30)24-20-15(3)27(4)28(23(20)31)16-8-6-5-7-9-16/h5-11,18-19,25-26,29H,12H2,1-4H3,(H,24,30). The van der Waals surface area contributed by atoms with Gasteiger partial charge in [-0.1, -0.05) is 35.9 Å². The number of phenols is 1. The predicted molar refractivity (Wildman–Crippen MR) is 119 cm³/mol. The van der Waals surface area contributed by atoms with Gasteiger partial charge in [-0.3, -0.25) is 14.3 Å². The molecule has 8 nitrogen and oxygen atoms in total. The Labute approximate surface area is 180 Å². The van der Waals surface area contributed by atoms with Gasteiger partial charge < -0.3 is 10.4 Å². The average molecular weight is 422 g/mol. The Morgan fingerprint density at radius 1 is 1.13 bits per heavy atom. The number of hydrogen-bond donors (Lipinski definition) is 4. The molecule has 4 N–H and O–H groups in total. The number of aromatic nitrogens is 2. The lowest BCUT2D eigenvalue weighted by Crippen LogP contribution is -2.40. The number of aromatic hydroxyl groups is 1. The van der Waals surface area contributed by atoms with E-state index in [1.54, 1.807) is 18.7 Å². The van der Waals surface area contributed by atoms with Crippen molar-refractivity contribution in [1.29, 1.82) is 0 Å². The van der Waals surface area contributed by atoms with E-state index in [1.807, 2.05) is 56.3 Å². The lowest BCUT2D eigenvalue weighted by molar-refractivity contribution is -0.117. The number of nitrogens with zero attached hydrogens (tertiary/aromatic N) is 2. The number of hydrazine groups is 1. The summed E-state index contributed by atoms with van der Waals surface area (Å²) >= 11 is 0. The molecule has 0 spiro atoms. The first-order chi connectivity index (χ1) is 14.8.